The quantitative estimate of drug-likeness (QED) is 0.476. The molecule has 19 heavy (non-hydrogen) atoms. The van der Waals surface area contributed by atoms with E-state index in [1.807, 2.05) is 0 Å². The van der Waals surface area contributed by atoms with Crippen molar-refractivity contribution in [1.29, 1.82) is 0 Å². The largest absolute Gasteiger partial charge is 0.293 e. The summed E-state index contributed by atoms with van der Waals surface area (Å²) in [6, 6.07) is 0. The zero-order valence-electron chi connectivity index (χ0n) is 11.2. The van der Waals surface area contributed by atoms with E-state index in [4.69, 9.17) is 11.6 Å². The number of hydrogen-bond donors (Lipinski definition) is 0. The van der Waals surface area contributed by atoms with E-state index in [-0.39, 0.29) is 5.56 Å². The molecule has 0 fully saturated rings. The Hall–Kier alpha value is -0.950. The summed E-state index contributed by atoms with van der Waals surface area (Å²) >= 11 is 6.75. The number of halogens is 2. The van der Waals surface area contributed by atoms with Gasteiger partial charge in [-0.05, 0) is 19.6 Å². The van der Waals surface area contributed by atoms with Crippen molar-refractivity contribution in [3.05, 3.63) is 16.6 Å². The van der Waals surface area contributed by atoms with Crippen LogP contribution in [0.3, 0.4) is 0 Å². The van der Waals surface area contributed by atoms with Crippen molar-refractivity contribution in [2.75, 3.05) is 6.26 Å². The first-order chi connectivity index (χ1) is 8.77. The van der Waals surface area contributed by atoms with E-state index in [1.165, 1.54) is 11.8 Å². The Kier molecular flexibility index (Phi) is 5.49. The molecular formula is C11H16ClFN4OS. The van der Waals surface area contributed by atoms with Crippen LogP contribution in [0.15, 0.2) is 21.2 Å². The molecule has 0 saturated heterocycles. The highest BCUT2D eigenvalue weighted by atomic mass is 35.5. The molecule has 0 spiro atoms. The fourth-order valence-corrected chi connectivity index (χ4v) is 1.99. The van der Waals surface area contributed by atoms with Gasteiger partial charge in [-0.15, -0.1) is 5.10 Å². The van der Waals surface area contributed by atoms with Crippen molar-refractivity contribution in [2.24, 2.45) is 10.5 Å². The van der Waals surface area contributed by atoms with Crippen LogP contribution in [0.1, 0.15) is 27.2 Å². The highest BCUT2D eigenvalue weighted by Crippen LogP contribution is 2.30. The Morgan fingerprint density at radius 3 is 2.84 bits per heavy atom. The molecule has 1 heterocycles. The van der Waals surface area contributed by atoms with Crippen molar-refractivity contribution in [3.63, 3.8) is 0 Å². The molecule has 0 radical (unpaired) electrons. The number of aromatic nitrogens is 3. The normalized spacial score (nSPS) is 14.5. The maximum Gasteiger partial charge on any atom is 0.293 e. The summed E-state index contributed by atoms with van der Waals surface area (Å²) in [6.45, 7) is 5.12. The van der Waals surface area contributed by atoms with Crippen LogP contribution in [-0.4, -0.2) is 32.5 Å². The molecule has 1 atom stereocenters. The number of hydrogen-bond acceptors (Lipinski definition) is 5. The van der Waals surface area contributed by atoms with Crippen molar-refractivity contribution in [2.45, 2.75) is 38.0 Å². The second kappa shape index (κ2) is 6.47. The molecule has 0 aliphatic heterocycles. The highest BCUT2D eigenvalue weighted by Gasteiger charge is 2.28. The zero-order valence-corrected chi connectivity index (χ0v) is 12.8. The second-order valence-corrected chi connectivity index (χ2v) is 5.94. The van der Waals surface area contributed by atoms with Crippen LogP contribution >= 0.6 is 23.4 Å². The maximum atomic E-state index is 13.2. The Bertz CT molecular complexity index is 530. The smallest absolute Gasteiger partial charge is 0.265 e. The van der Waals surface area contributed by atoms with Gasteiger partial charge in [0.1, 0.15) is 6.20 Å². The first-order valence-electron chi connectivity index (χ1n) is 5.59. The van der Waals surface area contributed by atoms with Gasteiger partial charge in [0.25, 0.3) is 5.56 Å². The average Bonchev–Trinajstić information content (AvgIpc) is 2.30. The van der Waals surface area contributed by atoms with Crippen LogP contribution in [0.2, 0.25) is 0 Å². The number of rotatable bonds is 5. The lowest BCUT2D eigenvalue weighted by atomic mass is 9.89. The van der Waals surface area contributed by atoms with Gasteiger partial charge in [0, 0.05) is 11.1 Å². The van der Waals surface area contributed by atoms with E-state index in [0.29, 0.717) is 17.3 Å². The van der Waals surface area contributed by atoms with Crippen LogP contribution < -0.4 is 5.56 Å². The summed E-state index contributed by atoms with van der Waals surface area (Å²) in [7, 11) is 0. The van der Waals surface area contributed by atoms with Gasteiger partial charge >= 0.3 is 0 Å². The first kappa shape index (κ1) is 16.1. The van der Waals surface area contributed by atoms with E-state index in [1.54, 1.807) is 27.0 Å². The maximum absolute atomic E-state index is 13.2. The van der Waals surface area contributed by atoms with Gasteiger partial charge in [-0.1, -0.05) is 37.2 Å². The molecule has 8 heteroatoms. The SMILES string of the molecule is CSc1nncc(=O)n1N=C(C)CC(C)(C)C(F)Cl. The predicted molar refractivity (Wildman–Crippen MR) is 75.7 cm³/mol. The third-order valence-corrected chi connectivity index (χ3v) is 3.67. The zero-order chi connectivity index (χ0) is 14.6. The van der Waals surface area contributed by atoms with E-state index >= 15 is 0 Å². The number of alkyl halides is 2. The highest BCUT2D eigenvalue weighted by molar-refractivity contribution is 7.98. The molecule has 0 saturated carbocycles. The van der Waals surface area contributed by atoms with Gasteiger partial charge in [0.05, 0.1) is 0 Å². The summed E-state index contributed by atoms with van der Waals surface area (Å²) < 4.78 is 14.4. The van der Waals surface area contributed by atoms with Crippen LogP contribution in [0, 0.1) is 5.41 Å². The number of thioether (sulfide) groups is 1. The van der Waals surface area contributed by atoms with Crippen molar-refractivity contribution >= 4 is 29.1 Å². The van der Waals surface area contributed by atoms with Gasteiger partial charge in [0.15, 0.2) is 5.63 Å². The van der Waals surface area contributed by atoms with Gasteiger partial charge in [-0.2, -0.15) is 14.9 Å². The second-order valence-electron chi connectivity index (χ2n) is 4.78. The third kappa shape index (κ3) is 4.28. The predicted octanol–water partition coefficient (Wildman–Crippen LogP) is 2.53. The van der Waals surface area contributed by atoms with Gasteiger partial charge in [-0.3, -0.25) is 4.79 Å². The topological polar surface area (TPSA) is 60.1 Å². The first-order valence-corrected chi connectivity index (χ1v) is 7.25. The lowest BCUT2D eigenvalue weighted by Gasteiger charge is -2.24. The Morgan fingerprint density at radius 2 is 2.32 bits per heavy atom. The standard InChI is InChI=1S/C11H16ClFN4OS/c1-7(5-11(2,3)9(12)13)16-17-8(18)6-14-15-10(17)19-4/h6,9H,5H2,1-4H3. The molecule has 0 aliphatic rings. The van der Waals surface area contributed by atoms with Gasteiger partial charge < -0.3 is 0 Å². The molecule has 0 amide bonds. The molecule has 106 valence electrons. The Balaban J connectivity index is 3.07. The molecule has 0 bridgehead atoms. The fraction of sp³-hybridized carbons (Fsp3) is 0.636. The molecular weight excluding hydrogens is 291 g/mol. The number of nitrogens with zero attached hydrogens (tertiary/aromatic N) is 4. The Labute approximate surface area is 120 Å². The third-order valence-electron chi connectivity index (χ3n) is 2.46. The monoisotopic (exact) mass is 306 g/mol. The minimum absolute atomic E-state index is 0.334. The molecule has 0 N–H and O–H groups in total. The van der Waals surface area contributed by atoms with Gasteiger partial charge in [-0.25, -0.2) is 4.39 Å². The minimum atomic E-state index is -1.48. The lowest BCUT2D eigenvalue weighted by molar-refractivity contribution is 0.226. The van der Waals surface area contributed by atoms with E-state index < -0.39 is 11.0 Å². The fourth-order valence-electron chi connectivity index (χ4n) is 1.48. The summed E-state index contributed by atoms with van der Waals surface area (Å²) in [4.78, 5) is 11.7. The summed E-state index contributed by atoms with van der Waals surface area (Å²) in [6.07, 6.45) is 3.19. The van der Waals surface area contributed by atoms with Crippen LogP contribution in [0.4, 0.5) is 4.39 Å². The van der Waals surface area contributed by atoms with E-state index in [0.717, 1.165) is 10.9 Å². The van der Waals surface area contributed by atoms with Crippen molar-refractivity contribution in [3.8, 4) is 0 Å². The van der Waals surface area contributed by atoms with Gasteiger partial charge in [0.2, 0.25) is 5.16 Å². The molecule has 0 aliphatic carbocycles. The molecule has 1 aromatic heterocycles. The summed E-state index contributed by atoms with van der Waals surface area (Å²) in [5.74, 6) is 0. The van der Waals surface area contributed by atoms with Crippen LogP contribution in [-0.2, 0) is 0 Å². The van der Waals surface area contributed by atoms with Crippen LogP contribution in [0.25, 0.3) is 0 Å². The summed E-state index contributed by atoms with van der Waals surface area (Å²) in [5, 5.41) is 11.9. The minimum Gasteiger partial charge on any atom is -0.265 e. The van der Waals surface area contributed by atoms with E-state index in [2.05, 4.69) is 15.3 Å². The lowest BCUT2D eigenvalue weighted by Crippen LogP contribution is -2.26. The molecule has 5 nitrogen and oxygen atoms in total. The molecule has 1 rings (SSSR count). The Morgan fingerprint density at radius 1 is 1.68 bits per heavy atom. The van der Waals surface area contributed by atoms with E-state index in [9.17, 15) is 9.18 Å². The van der Waals surface area contributed by atoms with Crippen molar-refractivity contribution in [1.82, 2.24) is 14.9 Å². The average molecular weight is 307 g/mol. The molecule has 0 aromatic carbocycles. The molecule has 1 aromatic rings. The summed E-state index contributed by atoms with van der Waals surface area (Å²) in [5.41, 5.74) is -2.01. The molecule has 1 unspecified atom stereocenters. The van der Waals surface area contributed by atoms with Crippen LogP contribution in [0.5, 0.6) is 0 Å². The van der Waals surface area contributed by atoms with Crippen molar-refractivity contribution < 1.29 is 4.39 Å².